The van der Waals surface area contributed by atoms with E-state index in [-0.39, 0.29) is 0 Å². The Morgan fingerprint density at radius 2 is 2.16 bits per heavy atom. The van der Waals surface area contributed by atoms with E-state index in [1.54, 1.807) is 0 Å². The lowest BCUT2D eigenvalue weighted by molar-refractivity contribution is 0.379. The smallest absolute Gasteiger partial charge is 0.228 e. The number of nitrogens with zero attached hydrogens (tertiary/aromatic N) is 4. The fraction of sp³-hybridized carbons (Fsp3) is 0.500. The zero-order chi connectivity index (χ0) is 13.1. The van der Waals surface area contributed by atoms with Crippen LogP contribution in [0.1, 0.15) is 30.5 Å². The van der Waals surface area contributed by atoms with Crippen LogP contribution in [-0.2, 0) is 6.42 Å². The van der Waals surface area contributed by atoms with E-state index >= 15 is 0 Å². The van der Waals surface area contributed by atoms with Crippen LogP contribution in [0.15, 0.2) is 16.9 Å². The number of rotatable bonds is 6. The molecule has 0 aromatic carbocycles. The van der Waals surface area contributed by atoms with Crippen molar-refractivity contribution < 1.29 is 4.52 Å². The molecular weight excluding hydrogens is 244 g/mol. The molecule has 2 N–H and O–H groups in total. The highest BCUT2D eigenvalue weighted by Crippen LogP contribution is 2.38. The van der Waals surface area contributed by atoms with Crippen molar-refractivity contribution in [2.24, 2.45) is 0 Å². The van der Waals surface area contributed by atoms with Crippen molar-refractivity contribution in [2.45, 2.75) is 25.2 Å². The Morgan fingerprint density at radius 1 is 1.32 bits per heavy atom. The average molecular weight is 260 g/mol. The third kappa shape index (κ3) is 2.98. The lowest BCUT2D eigenvalue weighted by Gasteiger charge is -2.08. The molecule has 1 aliphatic carbocycles. The number of anilines is 2. The summed E-state index contributed by atoms with van der Waals surface area (Å²) in [4.78, 5) is 13.0. The zero-order valence-corrected chi connectivity index (χ0v) is 10.8. The lowest BCUT2D eigenvalue weighted by atomic mass is 10.3. The van der Waals surface area contributed by atoms with E-state index in [1.165, 1.54) is 19.2 Å². The minimum atomic E-state index is 0.532. The molecule has 7 nitrogen and oxygen atoms in total. The number of nitrogens with one attached hydrogen (secondary N) is 2. The van der Waals surface area contributed by atoms with E-state index < -0.39 is 0 Å². The Labute approximate surface area is 110 Å². The van der Waals surface area contributed by atoms with Crippen LogP contribution in [0.5, 0.6) is 0 Å². The van der Waals surface area contributed by atoms with Gasteiger partial charge in [-0.05, 0) is 12.8 Å². The molecule has 1 saturated carbocycles. The van der Waals surface area contributed by atoms with Crippen LogP contribution in [0.3, 0.4) is 0 Å². The van der Waals surface area contributed by atoms with E-state index in [9.17, 15) is 0 Å². The topological polar surface area (TPSA) is 88.8 Å². The average Bonchev–Trinajstić information content (AvgIpc) is 3.17. The van der Waals surface area contributed by atoms with Crippen molar-refractivity contribution >= 4 is 11.6 Å². The van der Waals surface area contributed by atoms with Crippen molar-refractivity contribution in [3.8, 4) is 0 Å². The van der Waals surface area contributed by atoms with Gasteiger partial charge in [0.05, 0.1) is 0 Å². The van der Waals surface area contributed by atoms with E-state index in [0.717, 1.165) is 17.5 Å². The van der Waals surface area contributed by atoms with Crippen molar-refractivity contribution in [3.05, 3.63) is 24.1 Å². The van der Waals surface area contributed by atoms with Gasteiger partial charge in [-0.2, -0.15) is 4.98 Å². The highest BCUT2D eigenvalue weighted by molar-refractivity contribution is 5.47. The zero-order valence-electron chi connectivity index (χ0n) is 10.8. The quantitative estimate of drug-likeness (QED) is 0.812. The molecular formula is C12H16N6O. The predicted octanol–water partition coefficient (Wildman–Crippen LogP) is 1.43. The van der Waals surface area contributed by atoms with Crippen molar-refractivity contribution in [1.29, 1.82) is 0 Å². The molecule has 0 atom stereocenters. The van der Waals surface area contributed by atoms with Gasteiger partial charge in [-0.1, -0.05) is 5.16 Å². The maximum atomic E-state index is 4.94. The van der Waals surface area contributed by atoms with E-state index in [1.807, 2.05) is 13.1 Å². The van der Waals surface area contributed by atoms with Gasteiger partial charge in [-0.25, -0.2) is 9.97 Å². The lowest BCUT2D eigenvalue weighted by Crippen LogP contribution is -2.09. The summed E-state index contributed by atoms with van der Waals surface area (Å²) in [5.74, 6) is 3.76. The van der Waals surface area contributed by atoms with Crippen molar-refractivity contribution in [1.82, 2.24) is 20.1 Å². The first-order chi connectivity index (χ1) is 9.35. The molecule has 0 aliphatic heterocycles. The van der Waals surface area contributed by atoms with Gasteiger partial charge in [0.15, 0.2) is 6.33 Å². The molecule has 2 aromatic heterocycles. The third-order valence-corrected chi connectivity index (χ3v) is 2.99. The molecule has 1 aliphatic rings. The highest BCUT2D eigenvalue weighted by Gasteiger charge is 2.27. The van der Waals surface area contributed by atoms with Crippen molar-refractivity contribution in [3.63, 3.8) is 0 Å². The molecule has 100 valence electrons. The third-order valence-electron chi connectivity index (χ3n) is 2.99. The first-order valence-electron chi connectivity index (χ1n) is 6.41. The summed E-state index contributed by atoms with van der Waals surface area (Å²) < 4.78 is 4.94. The maximum Gasteiger partial charge on any atom is 0.228 e. The Balaban J connectivity index is 1.64. The van der Waals surface area contributed by atoms with Crippen LogP contribution >= 0.6 is 0 Å². The largest absolute Gasteiger partial charge is 0.373 e. The summed E-state index contributed by atoms with van der Waals surface area (Å²) in [7, 11) is 1.86. The monoisotopic (exact) mass is 260 g/mol. The van der Waals surface area contributed by atoms with Gasteiger partial charge < -0.3 is 15.2 Å². The summed E-state index contributed by atoms with van der Waals surface area (Å²) in [6.07, 6.45) is 4.46. The summed E-state index contributed by atoms with van der Waals surface area (Å²) in [6.45, 7) is 0.701. The van der Waals surface area contributed by atoms with Gasteiger partial charge in [0, 0.05) is 32.0 Å². The van der Waals surface area contributed by atoms with Gasteiger partial charge in [-0.15, -0.1) is 0 Å². The molecule has 0 bridgehead atoms. The second-order valence-electron chi connectivity index (χ2n) is 4.53. The van der Waals surface area contributed by atoms with Crippen LogP contribution in [0.25, 0.3) is 0 Å². The van der Waals surface area contributed by atoms with E-state index in [2.05, 4.69) is 30.7 Å². The molecule has 0 spiro atoms. The van der Waals surface area contributed by atoms with E-state index in [4.69, 9.17) is 4.52 Å². The molecule has 19 heavy (non-hydrogen) atoms. The van der Waals surface area contributed by atoms with Gasteiger partial charge in [0.25, 0.3) is 0 Å². The Morgan fingerprint density at radius 3 is 2.84 bits per heavy atom. The fourth-order valence-corrected chi connectivity index (χ4v) is 1.81. The minimum Gasteiger partial charge on any atom is -0.373 e. The van der Waals surface area contributed by atoms with Crippen molar-refractivity contribution in [2.75, 3.05) is 24.2 Å². The molecule has 0 unspecified atom stereocenters. The predicted molar refractivity (Wildman–Crippen MR) is 70.0 cm³/mol. The molecule has 0 saturated heterocycles. The molecule has 0 radical (unpaired) electrons. The molecule has 7 heteroatoms. The Bertz CT molecular complexity index is 537. The van der Waals surface area contributed by atoms with Crippen LogP contribution in [0.2, 0.25) is 0 Å². The Kier molecular flexibility index (Phi) is 3.26. The number of aromatic nitrogens is 4. The summed E-state index contributed by atoms with van der Waals surface area (Å²) >= 11 is 0. The highest BCUT2D eigenvalue weighted by atomic mass is 16.5. The minimum absolute atomic E-state index is 0.532. The van der Waals surface area contributed by atoms with Crippen LogP contribution in [-0.4, -0.2) is 33.7 Å². The van der Waals surface area contributed by atoms with E-state index in [0.29, 0.717) is 24.8 Å². The molecule has 3 rings (SSSR count). The number of hydrogen-bond donors (Lipinski definition) is 2. The molecule has 1 fully saturated rings. The second-order valence-corrected chi connectivity index (χ2v) is 4.53. The van der Waals surface area contributed by atoms with Crippen LogP contribution < -0.4 is 10.6 Å². The van der Waals surface area contributed by atoms with Crippen LogP contribution in [0, 0.1) is 0 Å². The second kappa shape index (κ2) is 5.21. The van der Waals surface area contributed by atoms with Gasteiger partial charge >= 0.3 is 0 Å². The first kappa shape index (κ1) is 11.9. The van der Waals surface area contributed by atoms with Gasteiger partial charge in [-0.3, -0.25) is 0 Å². The normalized spacial score (nSPS) is 14.4. The SMILES string of the molecule is CNc1cc(NCCc2ncno2)nc(C2CC2)n1. The summed E-state index contributed by atoms with van der Waals surface area (Å²) in [6, 6.07) is 1.90. The van der Waals surface area contributed by atoms with Gasteiger partial charge in [0.2, 0.25) is 5.89 Å². The maximum absolute atomic E-state index is 4.94. The summed E-state index contributed by atoms with van der Waals surface area (Å²) in [5, 5.41) is 9.90. The fourth-order valence-electron chi connectivity index (χ4n) is 1.81. The Hall–Kier alpha value is -2.18. The van der Waals surface area contributed by atoms with Gasteiger partial charge in [0.1, 0.15) is 17.5 Å². The molecule has 0 amide bonds. The first-order valence-corrected chi connectivity index (χ1v) is 6.41. The molecule has 2 aromatic rings. The standard InChI is InChI=1S/C12H16N6O/c1-13-9-6-10(18-12(17-9)8-2-3-8)14-5-4-11-15-7-16-19-11/h6-8H,2-5H2,1H3,(H2,13,14,17,18). The van der Waals surface area contributed by atoms with Crippen LogP contribution in [0.4, 0.5) is 11.6 Å². The summed E-state index contributed by atoms with van der Waals surface area (Å²) in [5.41, 5.74) is 0. The molecule has 2 heterocycles. The number of hydrogen-bond acceptors (Lipinski definition) is 7.